The Balaban J connectivity index is 5.00. The number of likely N-dealkylation sites (N-methyl/N-ethyl adjacent to an activating group) is 1. The molecule has 0 aromatic carbocycles. The highest BCUT2D eigenvalue weighted by Crippen LogP contribution is 2.09. The van der Waals surface area contributed by atoms with Crippen LogP contribution in [0.25, 0.3) is 0 Å². The zero-order chi connectivity index (χ0) is 21.7. The molecule has 0 bridgehead atoms. The summed E-state index contributed by atoms with van der Waals surface area (Å²) in [4.78, 5) is 37.1. The Morgan fingerprint density at radius 2 is 1.89 bits per heavy atom. The van der Waals surface area contributed by atoms with E-state index in [-0.39, 0.29) is 36.7 Å². The van der Waals surface area contributed by atoms with Gasteiger partial charge in [-0.1, -0.05) is 31.9 Å². The number of ketones is 1. The van der Waals surface area contributed by atoms with Crippen LogP contribution in [0.3, 0.4) is 0 Å². The summed E-state index contributed by atoms with van der Waals surface area (Å²) in [6.07, 6.45) is 3.69. The fraction of sp³-hybridized carbons (Fsp3) is 0.400. The molecule has 1 unspecified atom stereocenters. The summed E-state index contributed by atoms with van der Waals surface area (Å²) in [6.45, 7) is 15.4. The van der Waals surface area contributed by atoms with Crippen LogP contribution in [0.5, 0.6) is 0 Å². The summed E-state index contributed by atoms with van der Waals surface area (Å²) >= 11 is 0. The van der Waals surface area contributed by atoms with E-state index in [1.165, 1.54) is 4.90 Å². The maximum Gasteiger partial charge on any atom is 0.408 e. The average Bonchev–Trinajstić information content (AvgIpc) is 2.67. The quantitative estimate of drug-likeness (QED) is 0.254. The van der Waals surface area contributed by atoms with Crippen LogP contribution in [0, 0.1) is 5.41 Å². The van der Waals surface area contributed by atoms with E-state index in [4.69, 9.17) is 10.1 Å². The second-order valence-corrected chi connectivity index (χ2v) is 6.03. The number of nitrogens with one attached hydrogen (secondary N) is 3. The number of carbonyl (C=O) groups is 3. The molecule has 0 aromatic heterocycles. The number of ether oxygens (including phenoxy) is 1. The molecule has 8 heteroatoms. The van der Waals surface area contributed by atoms with Crippen LogP contribution in [0.4, 0.5) is 4.79 Å². The van der Waals surface area contributed by atoms with Gasteiger partial charge in [0.1, 0.15) is 6.61 Å². The lowest BCUT2D eigenvalue weighted by atomic mass is 10.1. The molecule has 2 amide bonds. The first-order chi connectivity index (χ1) is 13.2. The summed E-state index contributed by atoms with van der Waals surface area (Å²) in [7, 11) is 1.63. The molecule has 0 aliphatic heterocycles. The lowest BCUT2D eigenvalue weighted by Gasteiger charge is -2.24. The van der Waals surface area contributed by atoms with E-state index >= 15 is 0 Å². The van der Waals surface area contributed by atoms with E-state index in [1.807, 2.05) is 13.8 Å². The second-order valence-electron chi connectivity index (χ2n) is 6.03. The molecule has 154 valence electrons. The van der Waals surface area contributed by atoms with Crippen LogP contribution in [-0.4, -0.2) is 55.1 Å². The zero-order valence-electron chi connectivity index (χ0n) is 16.8. The van der Waals surface area contributed by atoms with Crippen LogP contribution in [0.1, 0.15) is 26.7 Å². The zero-order valence-corrected chi connectivity index (χ0v) is 16.8. The predicted octanol–water partition coefficient (Wildman–Crippen LogP) is 2.31. The van der Waals surface area contributed by atoms with Crippen molar-refractivity contribution >= 4 is 24.0 Å². The number of rotatable bonds is 13. The highest BCUT2D eigenvalue weighted by Gasteiger charge is 2.20. The van der Waals surface area contributed by atoms with Crippen molar-refractivity contribution in [3.05, 3.63) is 48.9 Å². The predicted molar refractivity (Wildman–Crippen MR) is 110 cm³/mol. The number of amides is 2. The van der Waals surface area contributed by atoms with Crippen LogP contribution in [-0.2, 0) is 14.3 Å². The Morgan fingerprint density at radius 3 is 2.43 bits per heavy atom. The molecule has 0 heterocycles. The van der Waals surface area contributed by atoms with Crippen LogP contribution >= 0.6 is 0 Å². The fourth-order valence-electron chi connectivity index (χ4n) is 2.03. The Labute approximate surface area is 166 Å². The summed E-state index contributed by atoms with van der Waals surface area (Å²) in [5.41, 5.74) is 0.992. The van der Waals surface area contributed by atoms with Crippen molar-refractivity contribution in [3.8, 4) is 0 Å². The van der Waals surface area contributed by atoms with Crippen molar-refractivity contribution in [2.24, 2.45) is 0 Å². The number of allylic oxidation sites excluding steroid dienone is 1. The molecular weight excluding hydrogens is 360 g/mol. The van der Waals surface area contributed by atoms with Gasteiger partial charge in [0, 0.05) is 25.7 Å². The maximum absolute atomic E-state index is 12.1. The number of Topliss-reactive ketones (excluding diaryl/α,β-unsaturated/α-hetero) is 1. The van der Waals surface area contributed by atoms with Crippen LogP contribution in [0.15, 0.2) is 48.9 Å². The standard InChI is InChI=1S/C20H30N4O4/c1-7-9-14(3)13-28-20(27)23-18(11-10-17(25)12-21)15(4)22-16(5)19(26)24(6)8-2/h7,9,12,18,21-22H,3-5,8,10-11,13H2,1-2,6H3,(H,23,27)/b9-7-,21-12?. The van der Waals surface area contributed by atoms with Gasteiger partial charge in [0.15, 0.2) is 5.78 Å². The summed E-state index contributed by atoms with van der Waals surface area (Å²) in [5.74, 6) is -0.710. The summed E-state index contributed by atoms with van der Waals surface area (Å²) < 4.78 is 5.08. The van der Waals surface area contributed by atoms with Crippen molar-refractivity contribution in [1.29, 1.82) is 5.41 Å². The molecule has 0 aliphatic rings. The molecule has 0 aliphatic carbocycles. The Bertz CT molecular complexity index is 667. The third kappa shape index (κ3) is 9.51. The van der Waals surface area contributed by atoms with Crippen molar-refractivity contribution < 1.29 is 19.1 Å². The van der Waals surface area contributed by atoms with Crippen molar-refractivity contribution in [2.75, 3.05) is 20.2 Å². The third-order valence-electron chi connectivity index (χ3n) is 3.73. The SMILES string of the molecule is C=C(/C=C\C)COC(=O)NC(CCC(=O)C=N)C(=C)NC(=C)C(=O)N(C)CC. The summed E-state index contributed by atoms with van der Waals surface area (Å²) in [6, 6.07) is -0.706. The largest absolute Gasteiger partial charge is 0.445 e. The molecule has 28 heavy (non-hydrogen) atoms. The normalized spacial score (nSPS) is 11.2. The van der Waals surface area contributed by atoms with Gasteiger partial charge in [-0.15, -0.1) is 0 Å². The fourth-order valence-corrected chi connectivity index (χ4v) is 2.03. The van der Waals surface area contributed by atoms with Gasteiger partial charge in [0.05, 0.1) is 18.0 Å². The van der Waals surface area contributed by atoms with E-state index in [0.29, 0.717) is 18.3 Å². The molecule has 0 rings (SSSR count). The van der Waals surface area contributed by atoms with E-state index in [1.54, 1.807) is 19.2 Å². The average molecular weight is 390 g/mol. The van der Waals surface area contributed by atoms with Crippen molar-refractivity contribution in [2.45, 2.75) is 32.7 Å². The lowest BCUT2D eigenvalue weighted by Crippen LogP contribution is -2.42. The van der Waals surface area contributed by atoms with Gasteiger partial charge in [-0.3, -0.25) is 9.59 Å². The minimum atomic E-state index is -0.719. The van der Waals surface area contributed by atoms with Crippen LogP contribution in [0.2, 0.25) is 0 Å². The molecule has 3 N–H and O–H groups in total. The number of hydrogen-bond acceptors (Lipinski definition) is 6. The van der Waals surface area contributed by atoms with Crippen molar-refractivity contribution in [3.63, 3.8) is 0 Å². The van der Waals surface area contributed by atoms with E-state index in [0.717, 1.165) is 0 Å². The maximum atomic E-state index is 12.1. The van der Waals surface area contributed by atoms with Gasteiger partial charge < -0.3 is 25.7 Å². The van der Waals surface area contributed by atoms with E-state index < -0.39 is 17.9 Å². The minimum absolute atomic E-state index is 0.00865. The lowest BCUT2D eigenvalue weighted by molar-refractivity contribution is -0.126. The molecular formula is C20H30N4O4. The first-order valence-corrected chi connectivity index (χ1v) is 8.83. The van der Waals surface area contributed by atoms with Crippen molar-refractivity contribution in [1.82, 2.24) is 15.5 Å². The smallest absolute Gasteiger partial charge is 0.408 e. The Hall–Kier alpha value is -3.16. The molecule has 0 saturated carbocycles. The number of alkyl carbamates (subject to hydrolysis) is 1. The monoisotopic (exact) mass is 390 g/mol. The van der Waals surface area contributed by atoms with Gasteiger partial charge >= 0.3 is 6.09 Å². The molecule has 8 nitrogen and oxygen atoms in total. The van der Waals surface area contributed by atoms with Gasteiger partial charge in [-0.25, -0.2) is 4.79 Å². The number of nitrogens with zero attached hydrogens (tertiary/aromatic N) is 1. The molecule has 0 fully saturated rings. The topological polar surface area (TPSA) is 112 Å². The third-order valence-corrected chi connectivity index (χ3v) is 3.73. The van der Waals surface area contributed by atoms with Gasteiger partial charge in [-0.05, 0) is 25.8 Å². The second kappa shape index (κ2) is 13.1. The van der Waals surface area contributed by atoms with Gasteiger partial charge in [0.2, 0.25) is 0 Å². The number of hydrogen-bond donors (Lipinski definition) is 3. The minimum Gasteiger partial charge on any atom is -0.445 e. The first kappa shape index (κ1) is 24.8. The van der Waals surface area contributed by atoms with E-state index in [2.05, 4.69) is 30.4 Å². The molecule has 1 atom stereocenters. The summed E-state index contributed by atoms with van der Waals surface area (Å²) in [5, 5.41) is 12.4. The first-order valence-electron chi connectivity index (χ1n) is 8.83. The molecule has 0 radical (unpaired) electrons. The van der Waals surface area contributed by atoms with Gasteiger partial charge in [0.25, 0.3) is 5.91 Å². The highest BCUT2D eigenvalue weighted by molar-refractivity contribution is 6.26. The van der Waals surface area contributed by atoms with Gasteiger partial charge in [-0.2, -0.15) is 0 Å². The molecule has 0 spiro atoms. The molecule has 0 saturated heterocycles. The molecule has 0 aromatic rings. The van der Waals surface area contributed by atoms with E-state index in [9.17, 15) is 14.4 Å². The Kier molecular flexibility index (Phi) is 11.6. The van der Waals surface area contributed by atoms with Crippen LogP contribution < -0.4 is 10.6 Å². The Morgan fingerprint density at radius 1 is 1.25 bits per heavy atom. The number of carbonyl (C=O) groups excluding carboxylic acids is 3. The highest BCUT2D eigenvalue weighted by atomic mass is 16.5.